The van der Waals surface area contributed by atoms with Gasteiger partial charge in [-0.25, -0.2) is 9.98 Å². The van der Waals surface area contributed by atoms with E-state index in [4.69, 9.17) is 0 Å². The van der Waals surface area contributed by atoms with E-state index in [1.54, 1.807) is 6.34 Å². The molecule has 0 aromatic carbocycles. The SMILES string of the molecule is Cc1nc2c(n1C)N=CNC2. The van der Waals surface area contributed by atoms with Crippen molar-refractivity contribution < 1.29 is 0 Å². The highest BCUT2D eigenvalue weighted by atomic mass is 15.2. The van der Waals surface area contributed by atoms with Gasteiger partial charge in [-0.15, -0.1) is 0 Å². The maximum Gasteiger partial charge on any atom is 0.159 e. The van der Waals surface area contributed by atoms with Gasteiger partial charge in [0.25, 0.3) is 0 Å². The van der Waals surface area contributed by atoms with Crippen LogP contribution in [0.1, 0.15) is 11.5 Å². The van der Waals surface area contributed by atoms with Crippen LogP contribution in [0.3, 0.4) is 0 Å². The lowest BCUT2D eigenvalue weighted by molar-refractivity contribution is 0.850. The van der Waals surface area contributed by atoms with Gasteiger partial charge in [0.15, 0.2) is 5.82 Å². The van der Waals surface area contributed by atoms with Crippen LogP contribution in [0.15, 0.2) is 4.99 Å². The largest absolute Gasteiger partial charge is 0.370 e. The van der Waals surface area contributed by atoms with Gasteiger partial charge in [-0.05, 0) is 6.92 Å². The van der Waals surface area contributed by atoms with Gasteiger partial charge < -0.3 is 9.88 Å². The molecule has 11 heavy (non-hydrogen) atoms. The minimum Gasteiger partial charge on any atom is -0.370 e. The Morgan fingerprint density at radius 2 is 2.45 bits per heavy atom. The van der Waals surface area contributed by atoms with E-state index >= 15 is 0 Å². The summed E-state index contributed by atoms with van der Waals surface area (Å²) in [5, 5.41) is 3.01. The molecule has 1 aliphatic rings. The number of hydrogen-bond acceptors (Lipinski definition) is 3. The molecule has 4 heteroatoms. The van der Waals surface area contributed by atoms with Gasteiger partial charge >= 0.3 is 0 Å². The highest BCUT2D eigenvalue weighted by Crippen LogP contribution is 2.20. The van der Waals surface area contributed by atoms with Gasteiger partial charge in [0.2, 0.25) is 0 Å². The normalized spacial score (nSPS) is 14.4. The van der Waals surface area contributed by atoms with Crippen LogP contribution < -0.4 is 5.32 Å². The summed E-state index contributed by atoms with van der Waals surface area (Å²) in [5.41, 5.74) is 1.03. The molecule has 0 spiro atoms. The Balaban J connectivity index is 2.61. The van der Waals surface area contributed by atoms with Crippen LogP contribution in [-0.2, 0) is 13.6 Å². The van der Waals surface area contributed by atoms with Crippen LogP contribution in [-0.4, -0.2) is 15.9 Å². The Hall–Kier alpha value is -1.32. The number of hydrogen-bond donors (Lipinski definition) is 1. The Morgan fingerprint density at radius 3 is 3.18 bits per heavy atom. The van der Waals surface area contributed by atoms with E-state index in [1.807, 2.05) is 18.5 Å². The van der Waals surface area contributed by atoms with Crippen molar-refractivity contribution in [2.24, 2.45) is 12.0 Å². The van der Waals surface area contributed by atoms with Crippen LogP contribution in [0.2, 0.25) is 0 Å². The number of nitrogens with zero attached hydrogens (tertiary/aromatic N) is 3. The highest BCUT2D eigenvalue weighted by molar-refractivity contribution is 5.63. The molecule has 0 atom stereocenters. The molecule has 0 unspecified atom stereocenters. The van der Waals surface area contributed by atoms with E-state index in [9.17, 15) is 0 Å². The van der Waals surface area contributed by atoms with Crippen molar-refractivity contribution in [1.82, 2.24) is 14.9 Å². The summed E-state index contributed by atoms with van der Waals surface area (Å²) in [7, 11) is 1.98. The second kappa shape index (κ2) is 2.08. The Kier molecular flexibility index (Phi) is 1.21. The van der Waals surface area contributed by atoms with Crippen LogP contribution >= 0.6 is 0 Å². The molecule has 1 N–H and O–H groups in total. The fraction of sp³-hybridized carbons (Fsp3) is 0.429. The van der Waals surface area contributed by atoms with E-state index < -0.39 is 0 Å². The Bertz CT molecular complexity index is 310. The molecule has 0 bridgehead atoms. The molecule has 1 aromatic heterocycles. The van der Waals surface area contributed by atoms with Crippen molar-refractivity contribution in [1.29, 1.82) is 0 Å². The lowest BCUT2D eigenvalue weighted by Crippen LogP contribution is -2.14. The molecule has 0 saturated carbocycles. The zero-order valence-corrected chi connectivity index (χ0v) is 6.63. The van der Waals surface area contributed by atoms with E-state index in [2.05, 4.69) is 15.3 Å². The zero-order valence-electron chi connectivity index (χ0n) is 6.63. The number of aliphatic imine (C=N–C) groups is 1. The molecule has 1 aliphatic heterocycles. The molecule has 2 heterocycles. The first-order valence-corrected chi connectivity index (χ1v) is 3.57. The first-order chi connectivity index (χ1) is 5.29. The summed E-state index contributed by atoms with van der Waals surface area (Å²) in [6, 6.07) is 0. The fourth-order valence-corrected chi connectivity index (χ4v) is 1.20. The van der Waals surface area contributed by atoms with Crippen molar-refractivity contribution in [3.05, 3.63) is 11.5 Å². The standard InChI is InChI=1S/C7H10N4/c1-5-10-6-3-8-4-9-7(6)11(5)2/h4H,3H2,1-2H3,(H,8,9). The second-order valence-electron chi connectivity index (χ2n) is 2.63. The number of imidazole rings is 1. The lowest BCUT2D eigenvalue weighted by atomic mass is 10.4. The number of aryl methyl sites for hydroxylation is 1. The molecule has 0 saturated heterocycles. The van der Waals surface area contributed by atoms with Gasteiger partial charge in [0.1, 0.15) is 11.5 Å². The smallest absolute Gasteiger partial charge is 0.159 e. The van der Waals surface area contributed by atoms with Gasteiger partial charge in [-0.1, -0.05) is 0 Å². The first kappa shape index (κ1) is 6.39. The van der Waals surface area contributed by atoms with E-state index in [0.29, 0.717) is 0 Å². The molecule has 0 amide bonds. The number of aromatic nitrogens is 2. The van der Waals surface area contributed by atoms with Gasteiger partial charge in [0.05, 0.1) is 12.9 Å². The average Bonchev–Trinajstić information content (AvgIpc) is 2.30. The minimum absolute atomic E-state index is 0.792. The van der Waals surface area contributed by atoms with E-state index in [-0.39, 0.29) is 0 Å². The molecule has 0 radical (unpaired) electrons. The zero-order chi connectivity index (χ0) is 7.84. The predicted octanol–water partition coefficient (Wildman–Crippen LogP) is 0.492. The summed E-state index contributed by atoms with van der Waals surface area (Å²) >= 11 is 0. The molecule has 1 aromatic rings. The van der Waals surface area contributed by atoms with Crippen LogP contribution in [0, 0.1) is 6.92 Å². The van der Waals surface area contributed by atoms with Gasteiger partial charge in [0, 0.05) is 7.05 Å². The van der Waals surface area contributed by atoms with E-state index in [1.165, 1.54) is 0 Å². The lowest BCUT2D eigenvalue weighted by Gasteiger charge is -2.05. The van der Waals surface area contributed by atoms with Gasteiger partial charge in [-0.3, -0.25) is 0 Å². The third-order valence-electron chi connectivity index (χ3n) is 1.91. The fourth-order valence-electron chi connectivity index (χ4n) is 1.20. The van der Waals surface area contributed by atoms with Crippen molar-refractivity contribution >= 4 is 12.2 Å². The number of rotatable bonds is 0. The Labute approximate surface area is 65.0 Å². The monoisotopic (exact) mass is 150 g/mol. The maximum absolute atomic E-state index is 4.34. The quantitative estimate of drug-likeness (QED) is 0.585. The van der Waals surface area contributed by atoms with Crippen LogP contribution in [0.25, 0.3) is 0 Å². The molecule has 0 fully saturated rings. The topological polar surface area (TPSA) is 42.2 Å². The molecule has 2 rings (SSSR count). The molecular formula is C7H10N4. The van der Waals surface area contributed by atoms with Crippen molar-refractivity contribution in [3.63, 3.8) is 0 Å². The van der Waals surface area contributed by atoms with Crippen LogP contribution in [0.4, 0.5) is 5.82 Å². The third kappa shape index (κ3) is 0.824. The van der Waals surface area contributed by atoms with E-state index in [0.717, 1.165) is 23.9 Å². The number of fused-ring (bicyclic) bond motifs is 1. The Morgan fingerprint density at radius 1 is 1.64 bits per heavy atom. The minimum atomic E-state index is 0.792. The molecule has 58 valence electrons. The summed E-state index contributed by atoms with van der Waals surface area (Å²) in [6.07, 6.45) is 1.71. The van der Waals surface area contributed by atoms with Gasteiger partial charge in [-0.2, -0.15) is 0 Å². The van der Waals surface area contributed by atoms with Crippen molar-refractivity contribution in [2.45, 2.75) is 13.5 Å². The summed E-state index contributed by atoms with van der Waals surface area (Å²) < 4.78 is 1.99. The summed E-state index contributed by atoms with van der Waals surface area (Å²) in [5.74, 6) is 1.98. The first-order valence-electron chi connectivity index (χ1n) is 3.57. The second-order valence-corrected chi connectivity index (χ2v) is 2.63. The highest BCUT2D eigenvalue weighted by Gasteiger charge is 2.12. The van der Waals surface area contributed by atoms with Crippen molar-refractivity contribution in [3.8, 4) is 0 Å². The molecule has 0 aliphatic carbocycles. The maximum atomic E-state index is 4.34. The summed E-state index contributed by atoms with van der Waals surface area (Å²) in [6.45, 7) is 2.77. The summed E-state index contributed by atoms with van der Waals surface area (Å²) in [4.78, 5) is 8.52. The molecule has 4 nitrogen and oxygen atoms in total. The average molecular weight is 150 g/mol. The van der Waals surface area contributed by atoms with Crippen molar-refractivity contribution in [2.75, 3.05) is 0 Å². The number of nitrogens with one attached hydrogen (secondary N) is 1. The predicted molar refractivity (Wildman–Crippen MR) is 42.9 cm³/mol. The molecular weight excluding hydrogens is 140 g/mol. The van der Waals surface area contributed by atoms with Crippen LogP contribution in [0.5, 0.6) is 0 Å². The third-order valence-corrected chi connectivity index (χ3v) is 1.91.